The maximum absolute atomic E-state index is 12.5. The number of esters is 1. The maximum atomic E-state index is 12.5. The summed E-state index contributed by atoms with van der Waals surface area (Å²) in [5, 5.41) is 0.730. The number of benzene rings is 1. The van der Waals surface area contributed by atoms with Crippen LogP contribution in [-0.4, -0.2) is 43.2 Å². The van der Waals surface area contributed by atoms with E-state index in [1.807, 2.05) is 12.1 Å². The lowest BCUT2D eigenvalue weighted by atomic mass is 9.82. The summed E-state index contributed by atoms with van der Waals surface area (Å²) in [6, 6.07) is 9.33. The number of piperidine rings is 2. The molecule has 2 saturated heterocycles. The van der Waals surface area contributed by atoms with E-state index < -0.39 is 11.6 Å². The van der Waals surface area contributed by atoms with Gasteiger partial charge in [0.2, 0.25) is 0 Å². The molecule has 0 N–H and O–H groups in total. The van der Waals surface area contributed by atoms with Gasteiger partial charge in [-0.2, -0.15) is 0 Å². The fourth-order valence-electron chi connectivity index (χ4n) is 4.89. The first-order valence-electron chi connectivity index (χ1n) is 9.61. The highest BCUT2D eigenvalue weighted by atomic mass is 16.5. The third kappa shape index (κ3) is 3.16. The van der Waals surface area contributed by atoms with Crippen LogP contribution in [0.4, 0.5) is 0 Å². The van der Waals surface area contributed by atoms with Crippen molar-refractivity contribution in [3.63, 3.8) is 0 Å². The second kappa shape index (κ2) is 6.88. The lowest BCUT2D eigenvalue weighted by Gasteiger charge is -2.51. The Labute approximate surface area is 153 Å². The Morgan fingerprint density at radius 2 is 2.00 bits per heavy atom. The number of hydrogen-bond donors (Lipinski definition) is 0. The van der Waals surface area contributed by atoms with Crippen LogP contribution in [-0.2, 0) is 4.74 Å². The summed E-state index contributed by atoms with van der Waals surface area (Å²) in [6.45, 7) is 2.84. The highest BCUT2D eigenvalue weighted by Gasteiger charge is 2.43. The summed E-state index contributed by atoms with van der Waals surface area (Å²) in [4.78, 5) is 24.6. The number of ether oxygens (including phenoxy) is 1. The van der Waals surface area contributed by atoms with Gasteiger partial charge in [-0.15, -0.1) is 0 Å². The predicted molar refractivity (Wildman–Crippen MR) is 99.0 cm³/mol. The zero-order valence-electron chi connectivity index (χ0n) is 15.3. The molecule has 1 unspecified atom stereocenters. The van der Waals surface area contributed by atoms with Crippen molar-refractivity contribution in [2.24, 2.45) is 5.92 Å². The first kappa shape index (κ1) is 17.3. The lowest BCUT2D eigenvalue weighted by molar-refractivity contribution is -0.947. The Hall–Kier alpha value is -2.14. The fourth-order valence-corrected chi connectivity index (χ4v) is 4.89. The molecular weight excluding hydrogens is 330 g/mol. The summed E-state index contributed by atoms with van der Waals surface area (Å²) in [5.74, 6) is -0.189. The second-order valence-corrected chi connectivity index (χ2v) is 7.98. The topological polar surface area (TPSA) is 56.5 Å². The molecule has 3 heterocycles. The Balaban J connectivity index is 1.48. The van der Waals surface area contributed by atoms with Gasteiger partial charge in [-0.1, -0.05) is 18.2 Å². The van der Waals surface area contributed by atoms with Crippen LogP contribution >= 0.6 is 0 Å². The Bertz CT molecular complexity index is 870. The molecule has 3 atom stereocenters. The molecule has 5 heteroatoms. The quantitative estimate of drug-likeness (QED) is 0.481. The Morgan fingerprint density at radius 3 is 2.88 bits per heavy atom. The summed E-state index contributed by atoms with van der Waals surface area (Å²) in [6.07, 6.45) is 6.02. The molecule has 138 valence electrons. The molecule has 5 nitrogen and oxygen atoms in total. The number of fused-ring (bicyclic) bond motifs is 2. The molecular formula is C21H26NO4+. The molecule has 1 aromatic carbocycles. The minimum Gasteiger partial charge on any atom is -0.461 e. The number of para-hydroxylation sites is 1. The lowest BCUT2D eigenvalue weighted by Crippen LogP contribution is -2.61. The zero-order valence-corrected chi connectivity index (χ0v) is 15.3. The van der Waals surface area contributed by atoms with Crippen molar-refractivity contribution in [2.45, 2.75) is 38.1 Å². The van der Waals surface area contributed by atoms with Crippen LogP contribution in [0.1, 0.15) is 42.5 Å². The predicted octanol–water partition coefficient (Wildman–Crippen LogP) is 3.36. The van der Waals surface area contributed by atoms with E-state index in [2.05, 4.69) is 7.05 Å². The maximum Gasteiger partial charge on any atom is 0.351 e. The van der Waals surface area contributed by atoms with Crippen LogP contribution in [0.3, 0.4) is 0 Å². The molecule has 0 saturated carbocycles. The van der Waals surface area contributed by atoms with Gasteiger partial charge >= 0.3 is 11.6 Å². The first-order valence-corrected chi connectivity index (χ1v) is 9.61. The van der Waals surface area contributed by atoms with Gasteiger partial charge in [-0.25, -0.2) is 9.59 Å². The Morgan fingerprint density at radius 1 is 1.19 bits per heavy atom. The Kier molecular flexibility index (Phi) is 4.57. The van der Waals surface area contributed by atoms with Gasteiger partial charge in [0.15, 0.2) is 0 Å². The standard InChI is InChI=1S/C21H26NO4/c1-22-11-5-4-9-18(22)16(8-6-12-22)14-25-20(23)17-13-15-7-2-3-10-19(15)26-21(17)24/h2-3,7,10,13,16,18H,4-6,8-9,11-12,14H2,1H3/q+1/t16-,18+,22?/m1/s1. The van der Waals surface area contributed by atoms with E-state index in [-0.39, 0.29) is 5.56 Å². The molecule has 0 spiro atoms. The fraction of sp³-hybridized carbons (Fsp3) is 0.524. The van der Waals surface area contributed by atoms with Crippen molar-refractivity contribution in [3.8, 4) is 0 Å². The van der Waals surface area contributed by atoms with Crippen molar-refractivity contribution in [3.05, 3.63) is 46.3 Å². The summed E-state index contributed by atoms with van der Waals surface area (Å²) < 4.78 is 11.9. The molecule has 2 fully saturated rings. The third-order valence-electron chi connectivity index (χ3n) is 6.30. The molecule has 2 aliphatic heterocycles. The van der Waals surface area contributed by atoms with Gasteiger partial charge in [0.1, 0.15) is 17.8 Å². The summed E-state index contributed by atoms with van der Waals surface area (Å²) >= 11 is 0. The van der Waals surface area contributed by atoms with Gasteiger partial charge < -0.3 is 13.6 Å². The monoisotopic (exact) mass is 356 g/mol. The van der Waals surface area contributed by atoms with Crippen molar-refractivity contribution < 1.29 is 18.4 Å². The van der Waals surface area contributed by atoms with Gasteiger partial charge in [-0.3, -0.25) is 0 Å². The van der Waals surface area contributed by atoms with E-state index in [1.165, 1.54) is 38.8 Å². The molecule has 2 aliphatic rings. The van der Waals surface area contributed by atoms with Crippen LogP contribution in [0, 0.1) is 5.92 Å². The third-order valence-corrected chi connectivity index (χ3v) is 6.30. The van der Waals surface area contributed by atoms with E-state index in [0.29, 0.717) is 24.1 Å². The molecule has 26 heavy (non-hydrogen) atoms. The number of nitrogens with zero attached hydrogens (tertiary/aromatic N) is 1. The van der Waals surface area contributed by atoms with Crippen LogP contribution in [0.5, 0.6) is 0 Å². The van der Waals surface area contributed by atoms with Crippen LogP contribution in [0.25, 0.3) is 11.0 Å². The van der Waals surface area contributed by atoms with E-state index in [0.717, 1.165) is 16.3 Å². The molecule has 0 amide bonds. The molecule has 0 bridgehead atoms. The number of quaternary nitrogens is 1. The minimum absolute atomic E-state index is 0.0135. The highest BCUT2D eigenvalue weighted by Crippen LogP contribution is 2.36. The van der Waals surface area contributed by atoms with Crippen molar-refractivity contribution in [2.75, 3.05) is 26.7 Å². The number of rotatable bonds is 3. The van der Waals surface area contributed by atoms with Crippen molar-refractivity contribution in [1.82, 2.24) is 0 Å². The number of hydrogen-bond acceptors (Lipinski definition) is 4. The molecule has 2 aromatic rings. The van der Waals surface area contributed by atoms with E-state index in [4.69, 9.17) is 9.15 Å². The SMILES string of the molecule is C[N+]12CCCC[C@H]1[C@@H](COC(=O)c1cc3ccccc3oc1=O)CCC2. The molecule has 0 radical (unpaired) electrons. The van der Waals surface area contributed by atoms with Crippen LogP contribution < -0.4 is 5.63 Å². The van der Waals surface area contributed by atoms with E-state index in [9.17, 15) is 9.59 Å². The van der Waals surface area contributed by atoms with Crippen LogP contribution in [0.2, 0.25) is 0 Å². The van der Waals surface area contributed by atoms with Crippen molar-refractivity contribution >= 4 is 16.9 Å². The number of carbonyl (C=O) groups excluding carboxylic acids is 1. The van der Waals surface area contributed by atoms with Crippen LogP contribution in [0.15, 0.2) is 39.5 Å². The first-order chi connectivity index (χ1) is 12.6. The normalized spacial score (nSPS) is 28.5. The largest absolute Gasteiger partial charge is 0.461 e. The van der Waals surface area contributed by atoms with Gasteiger partial charge in [0, 0.05) is 17.7 Å². The minimum atomic E-state index is -0.629. The smallest absolute Gasteiger partial charge is 0.351 e. The molecule has 4 rings (SSSR count). The second-order valence-electron chi connectivity index (χ2n) is 7.98. The van der Waals surface area contributed by atoms with E-state index in [1.54, 1.807) is 18.2 Å². The average molecular weight is 356 g/mol. The summed E-state index contributed by atoms with van der Waals surface area (Å²) in [7, 11) is 2.34. The van der Waals surface area contributed by atoms with E-state index >= 15 is 0 Å². The molecule has 1 aromatic heterocycles. The highest BCUT2D eigenvalue weighted by molar-refractivity contribution is 5.92. The van der Waals surface area contributed by atoms with Crippen molar-refractivity contribution in [1.29, 1.82) is 0 Å². The van der Waals surface area contributed by atoms with Gasteiger partial charge in [0.25, 0.3) is 0 Å². The molecule has 0 aliphatic carbocycles. The van der Waals surface area contributed by atoms with Gasteiger partial charge in [-0.05, 0) is 37.8 Å². The number of carbonyl (C=O) groups is 1. The summed E-state index contributed by atoms with van der Waals surface area (Å²) in [5.41, 5.74) is -0.160. The van der Waals surface area contributed by atoms with Gasteiger partial charge in [0.05, 0.1) is 26.2 Å². The average Bonchev–Trinajstić information content (AvgIpc) is 2.64. The zero-order chi connectivity index (χ0) is 18.1.